The summed E-state index contributed by atoms with van der Waals surface area (Å²) in [7, 11) is 0. The highest BCUT2D eigenvalue weighted by Gasteiger charge is 2.34. The van der Waals surface area contributed by atoms with Crippen LogP contribution >= 0.6 is 0 Å². The van der Waals surface area contributed by atoms with Crippen molar-refractivity contribution >= 4 is 16.8 Å². The van der Waals surface area contributed by atoms with Crippen LogP contribution in [0.3, 0.4) is 0 Å². The predicted octanol–water partition coefficient (Wildman–Crippen LogP) is 2.83. The topological polar surface area (TPSA) is 74.9 Å². The lowest BCUT2D eigenvalue weighted by molar-refractivity contribution is 0.0715. The summed E-state index contributed by atoms with van der Waals surface area (Å²) >= 11 is 0. The van der Waals surface area contributed by atoms with Gasteiger partial charge in [0.05, 0.1) is 24.3 Å². The second-order valence-electron chi connectivity index (χ2n) is 8.12. The molecule has 2 aliphatic rings. The van der Waals surface area contributed by atoms with E-state index in [1.807, 2.05) is 12.1 Å². The predicted molar refractivity (Wildman–Crippen MR) is 110 cm³/mol. The van der Waals surface area contributed by atoms with E-state index in [-0.39, 0.29) is 12.4 Å². The molecular formula is C22H25FN4O3. The third kappa shape index (κ3) is 3.85. The lowest BCUT2D eigenvalue weighted by atomic mass is 9.91. The number of pyridine rings is 1. The smallest absolute Gasteiger partial charge is 0.213 e. The van der Waals surface area contributed by atoms with Crippen LogP contribution in [0.25, 0.3) is 11.0 Å². The standard InChI is InChI=1S/C22H25FN4O3/c23-16-5-7-20-19(10-16)22(25-30-20)27-9-8-26-11-15(4-6-18(26)12-27)14-29-21-3-1-2-17(13-28)24-21/h1-3,5,7,10,15,18,28H,4,6,8-9,11-14H2/t15-,18+/m1/s1. The minimum atomic E-state index is -0.273. The van der Waals surface area contributed by atoms with Crippen LogP contribution in [0.15, 0.2) is 40.9 Å². The number of fused-ring (bicyclic) bond motifs is 2. The summed E-state index contributed by atoms with van der Waals surface area (Å²) < 4.78 is 25.0. The van der Waals surface area contributed by atoms with E-state index in [9.17, 15) is 9.50 Å². The molecule has 2 aromatic heterocycles. The van der Waals surface area contributed by atoms with Crippen molar-refractivity contribution in [1.29, 1.82) is 0 Å². The Morgan fingerprint density at radius 3 is 3.00 bits per heavy atom. The van der Waals surface area contributed by atoms with Gasteiger partial charge in [-0.1, -0.05) is 11.2 Å². The number of benzene rings is 1. The van der Waals surface area contributed by atoms with Crippen molar-refractivity contribution < 1.29 is 18.8 Å². The van der Waals surface area contributed by atoms with E-state index >= 15 is 0 Å². The summed E-state index contributed by atoms with van der Waals surface area (Å²) in [6.45, 7) is 4.17. The third-order valence-electron chi connectivity index (χ3n) is 6.13. The Morgan fingerprint density at radius 1 is 1.17 bits per heavy atom. The second-order valence-corrected chi connectivity index (χ2v) is 8.12. The lowest BCUT2D eigenvalue weighted by Crippen LogP contribution is -2.57. The molecule has 8 heteroatoms. The van der Waals surface area contributed by atoms with Crippen molar-refractivity contribution in [2.75, 3.05) is 37.7 Å². The fraction of sp³-hybridized carbons (Fsp3) is 0.455. The number of aromatic nitrogens is 2. The fourth-order valence-corrected chi connectivity index (χ4v) is 4.54. The van der Waals surface area contributed by atoms with E-state index in [0.717, 1.165) is 50.2 Å². The number of halogens is 1. The fourth-order valence-electron chi connectivity index (χ4n) is 4.54. The molecule has 0 amide bonds. The zero-order chi connectivity index (χ0) is 20.5. The van der Waals surface area contributed by atoms with Crippen molar-refractivity contribution in [3.63, 3.8) is 0 Å². The molecule has 2 fully saturated rings. The van der Waals surface area contributed by atoms with Crippen LogP contribution < -0.4 is 9.64 Å². The van der Waals surface area contributed by atoms with Gasteiger partial charge in [-0.15, -0.1) is 0 Å². The summed E-state index contributed by atoms with van der Waals surface area (Å²) in [5, 5.41) is 14.2. The van der Waals surface area contributed by atoms with Gasteiger partial charge in [-0.2, -0.15) is 0 Å². The number of rotatable bonds is 5. The van der Waals surface area contributed by atoms with Crippen LogP contribution in [-0.2, 0) is 6.61 Å². The number of aliphatic hydroxyl groups is 1. The molecule has 4 heterocycles. The van der Waals surface area contributed by atoms with E-state index in [1.54, 1.807) is 12.1 Å². The van der Waals surface area contributed by atoms with Gasteiger partial charge in [0, 0.05) is 44.2 Å². The van der Waals surface area contributed by atoms with Gasteiger partial charge in [0.15, 0.2) is 11.4 Å². The van der Waals surface area contributed by atoms with Gasteiger partial charge in [0.1, 0.15) is 5.82 Å². The van der Waals surface area contributed by atoms with Gasteiger partial charge in [-0.25, -0.2) is 9.37 Å². The molecular weight excluding hydrogens is 387 g/mol. The number of nitrogens with zero attached hydrogens (tertiary/aromatic N) is 4. The maximum absolute atomic E-state index is 13.7. The maximum atomic E-state index is 13.7. The molecule has 7 nitrogen and oxygen atoms in total. The van der Waals surface area contributed by atoms with Crippen LogP contribution in [0.4, 0.5) is 10.2 Å². The molecule has 0 saturated carbocycles. The number of anilines is 1. The number of piperazine rings is 1. The average Bonchev–Trinajstić information content (AvgIpc) is 3.20. The minimum Gasteiger partial charge on any atom is -0.477 e. The first-order valence-corrected chi connectivity index (χ1v) is 10.4. The summed E-state index contributed by atoms with van der Waals surface area (Å²) in [6.07, 6.45) is 2.17. The molecule has 2 saturated heterocycles. The van der Waals surface area contributed by atoms with Crippen molar-refractivity contribution in [2.24, 2.45) is 5.92 Å². The number of ether oxygens (including phenoxy) is 1. The molecule has 0 aliphatic carbocycles. The quantitative estimate of drug-likeness (QED) is 0.691. The summed E-state index contributed by atoms with van der Waals surface area (Å²) in [6, 6.07) is 10.4. The van der Waals surface area contributed by atoms with Crippen LogP contribution in [-0.4, -0.2) is 59.0 Å². The highest BCUT2D eigenvalue weighted by Crippen LogP contribution is 2.31. The highest BCUT2D eigenvalue weighted by atomic mass is 19.1. The third-order valence-corrected chi connectivity index (χ3v) is 6.13. The largest absolute Gasteiger partial charge is 0.477 e. The number of aliphatic hydroxyl groups excluding tert-OH is 1. The number of hydrogen-bond donors (Lipinski definition) is 1. The van der Waals surface area contributed by atoms with Crippen molar-refractivity contribution in [2.45, 2.75) is 25.5 Å². The molecule has 1 aromatic carbocycles. The number of hydrogen-bond acceptors (Lipinski definition) is 7. The minimum absolute atomic E-state index is 0.0833. The van der Waals surface area contributed by atoms with Crippen LogP contribution in [0.1, 0.15) is 18.5 Å². The Balaban J connectivity index is 1.19. The Morgan fingerprint density at radius 2 is 2.10 bits per heavy atom. The lowest BCUT2D eigenvalue weighted by Gasteiger charge is -2.46. The van der Waals surface area contributed by atoms with Crippen LogP contribution in [0.5, 0.6) is 5.88 Å². The summed E-state index contributed by atoms with van der Waals surface area (Å²) in [5.41, 5.74) is 1.24. The molecule has 30 heavy (non-hydrogen) atoms. The molecule has 3 aromatic rings. The molecule has 0 spiro atoms. The highest BCUT2D eigenvalue weighted by molar-refractivity contribution is 5.88. The van der Waals surface area contributed by atoms with Gasteiger partial charge in [0.25, 0.3) is 0 Å². The molecule has 0 radical (unpaired) electrons. The Labute approximate surface area is 174 Å². The van der Waals surface area contributed by atoms with Crippen molar-refractivity contribution in [1.82, 2.24) is 15.0 Å². The van der Waals surface area contributed by atoms with Gasteiger partial charge in [0.2, 0.25) is 5.88 Å². The van der Waals surface area contributed by atoms with Crippen LogP contribution in [0.2, 0.25) is 0 Å². The number of piperidine rings is 1. The van der Waals surface area contributed by atoms with E-state index < -0.39 is 0 Å². The molecule has 5 rings (SSSR count). The molecule has 0 unspecified atom stereocenters. The van der Waals surface area contributed by atoms with E-state index in [1.165, 1.54) is 12.1 Å². The van der Waals surface area contributed by atoms with Gasteiger partial charge >= 0.3 is 0 Å². The van der Waals surface area contributed by atoms with Gasteiger partial charge in [-0.3, -0.25) is 4.90 Å². The van der Waals surface area contributed by atoms with E-state index in [2.05, 4.69) is 19.9 Å². The van der Waals surface area contributed by atoms with Crippen molar-refractivity contribution in [3.8, 4) is 5.88 Å². The summed E-state index contributed by atoms with van der Waals surface area (Å²) in [5.74, 6) is 1.49. The maximum Gasteiger partial charge on any atom is 0.213 e. The van der Waals surface area contributed by atoms with E-state index in [0.29, 0.717) is 35.7 Å². The zero-order valence-electron chi connectivity index (χ0n) is 16.7. The van der Waals surface area contributed by atoms with E-state index in [4.69, 9.17) is 9.26 Å². The second kappa shape index (κ2) is 8.20. The molecule has 158 valence electrons. The average molecular weight is 412 g/mol. The molecule has 0 bridgehead atoms. The Bertz CT molecular complexity index is 1030. The zero-order valence-corrected chi connectivity index (χ0v) is 16.7. The first kappa shape index (κ1) is 19.3. The molecule has 2 aliphatic heterocycles. The van der Waals surface area contributed by atoms with Gasteiger partial charge < -0.3 is 19.3 Å². The monoisotopic (exact) mass is 412 g/mol. The first-order chi connectivity index (χ1) is 14.7. The Kier molecular flexibility index (Phi) is 5.26. The normalized spacial score (nSPS) is 22.3. The van der Waals surface area contributed by atoms with Crippen LogP contribution in [0, 0.1) is 11.7 Å². The SMILES string of the molecule is OCc1cccc(OC[C@@H]2CC[C@H]3CN(c4noc5ccc(F)cc45)CCN3C2)n1. The van der Waals surface area contributed by atoms with Crippen molar-refractivity contribution in [3.05, 3.63) is 47.9 Å². The molecule has 2 atom stereocenters. The molecule has 1 N–H and O–H groups in total. The Hall–Kier alpha value is -2.71. The first-order valence-electron chi connectivity index (χ1n) is 10.4. The van der Waals surface area contributed by atoms with Gasteiger partial charge in [-0.05, 0) is 37.1 Å². The summed E-state index contributed by atoms with van der Waals surface area (Å²) in [4.78, 5) is 9.03.